The molecular weight excluding hydrogens is 248 g/mol. The number of carboxylic acids is 1. The van der Waals surface area contributed by atoms with Crippen LogP contribution in [0.15, 0.2) is 18.2 Å². The number of benzene rings is 1. The number of nitrogens with zero attached hydrogens (tertiary/aromatic N) is 2. The molecule has 0 saturated carbocycles. The van der Waals surface area contributed by atoms with E-state index >= 15 is 0 Å². The number of ether oxygens (including phenoxy) is 2. The number of aliphatic carboxylic acids is 1. The van der Waals surface area contributed by atoms with Crippen molar-refractivity contribution in [3.8, 4) is 11.6 Å². The normalized spacial score (nSPS) is 10.6. The second-order valence-electron chi connectivity index (χ2n) is 4.14. The number of hydrogen-bond donors (Lipinski definition) is 1. The third-order valence-corrected chi connectivity index (χ3v) is 2.59. The highest BCUT2D eigenvalue weighted by molar-refractivity contribution is 5.86. The fraction of sp³-hybridized carbons (Fsp3) is 0.385. The SMILES string of the molecule is CCCOc1nn(C)c2ccc(OCC(=O)O)cc12. The lowest BCUT2D eigenvalue weighted by Gasteiger charge is -2.04. The summed E-state index contributed by atoms with van der Waals surface area (Å²) in [5, 5.41) is 13.7. The van der Waals surface area contributed by atoms with Gasteiger partial charge in [0, 0.05) is 7.05 Å². The summed E-state index contributed by atoms with van der Waals surface area (Å²) in [5.74, 6) is 0.0260. The van der Waals surface area contributed by atoms with Crippen molar-refractivity contribution >= 4 is 16.9 Å². The molecule has 1 heterocycles. The lowest BCUT2D eigenvalue weighted by Crippen LogP contribution is -2.09. The molecule has 0 spiro atoms. The summed E-state index contributed by atoms with van der Waals surface area (Å²) in [4.78, 5) is 10.5. The van der Waals surface area contributed by atoms with E-state index < -0.39 is 5.97 Å². The zero-order valence-corrected chi connectivity index (χ0v) is 10.9. The first-order chi connectivity index (χ1) is 9.11. The van der Waals surface area contributed by atoms with Gasteiger partial charge < -0.3 is 14.6 Å². The molecule has 0 fully saturated rings. The van der Waals surface area contributed by atoms with E-state index in [-0.39, 0.29) is 6.61 Å². The highest BCUT2D eigenvalue weighted by atomic mass is 16.5. The van der Waals surface area contributed by atoms with E-state index in [0.717, 1.165) is 17.3 Å². The van der Waals surface area contributed by atoms with Crippen LogP contribution in [0.5, 0.6) is 11.6 Å². The fourth-order valence-corrected chi connectivity index (χ4v) is 1.75. The quantitative estimate of drug-likeness (QED) is 0.861. The van der Waals surface area contributed by atoms with E-state index in [2.05, 4.69) is 5.10 Å². The third-order valence-electron chi connectivity index (χ3n) is 2.59. The van der Waals surface area contributed by atoms with Gasteiger partial charge in [-0.05, 0) is 24.6 Å². The molecule has 0 aliphatic rings. The summed E-state index contributed by atoms with van der Waals surface area (Å²) >= 11 is 0. The Kier molecular flexibility index (Phi) is 3.89. The minimum absolute atomic E-state index is 0.364. The van der Waals surface area contributed by atoms with Crippen molar-refractivity contribution in [1.29, 1.82) is 0 Å². The minimum atomic E-state index is -1.01. The van der Waals surface area contributed by atoms with Gasteiger partial charge in [-0.3, -0.25) is 4.68 Å². The largest absolute Gasteiger partial charge is 0.482 e. The van der Waals surface area contributed by atoms with E-state index in [1.165, 1.54) is 0 Å². The van der Waals surface area contributed by atoms with Crippen LogP contribution in [-0.4, -0.2) is 34.1 Å². The van der Waals surface area contributed by atoms with Crippen LogP contribution >= 0.6 is 0 Å². The summed E-state index contributed by atoms with van der Waals surface area (Å²) < 4.78 is 12.4. The maximum Gasteiger partial charge on any atom is 0.341 e. The van der Waals surface area contributed by atoms with Crippen molar-refractivity contribution in [3.05, 3.63) is 18.2 Å². The molecule has 102 valence electrons. The van der Waals surface area contributed by atoms with Crippen LogP contribution in [-0.2, 0) is 11.8 Å². The summed E-state index contributed by atoms with van der Waals surface area (Å²) in [6, 6.07) is 5.30. The highest BCUT2D eigenvalue weighted by Gasteiger charge is 2.11. The summed E-state index contributed by atoms with van der Waals surface area (Å²) in [7, 11) is 1.83. The van der Waals surface area contributed by atoms with Crippen molar-refractivity contribution < 1.29 is 19.4 Å². The van der Waals surface area contributed by atoms with Crippen LogP contribution in [0.3, 0.4) is 0 Å². The zero-order valence-electron chi connectivity index (χ0n) is 10.9. The standard InChI is InChI=1S/C13H16N2O4/c1-3-6-18-13-10-7-9(19-8-12(16)17)4-5-11(10)15(2)14-13/h4-5,7H,3,6,8H2,1-2H3,(H,16,17). The molecule has 1 aromatic heterocycles. The monoisotopic (exact) mass is 264 g/mol. The van der Waals surface area contributed by atoms with Gasteiger partial charge in [-0.2, -0.15) is 0 Å². The van der Waals surface area contributed by atoms with Gasteiger partial charge in [0.2, 0.25) is 5.88 Å². The Morgan fingerprint density at radius 2 is 2.21 bits per heavy atom. The number of aromatic nitrogens is 2. The average Bonchev–Trinajstić information content (AvgIpc) is 2.70. The first-order valence-electron chi connectivity index (χ1n) is 6.06. The van der Waals surface area contributed by atoms with E-state index in [1.807, 2.05) is 20.0 Å². The van der Waals surface area contributed by atoms with E-state index in [0.29, 0.717) is 18.2 Å². The van der Waals surface area contributed by atoms with Gasteiger partial charge in [-0.1, -0.05) is 6.92 Å². The molecule has 2 rings (SSSR count). The van der Waals surface area contributed by atoms with Crippen LogP contribution < -0.4 is 9.47 Å². The zero-order chi connectivity index (χ0) is 13.8. The highest BCUT2D eigenvalue weighted by Crippen LogP contribution is 2.28. The van der Waals surface area contributed by atoms with Gasteiger partial charge in [0.15, 0.2) is 6.61 Å². The smallest absolute Gasteiger partial charge is 0.341 e. The van der Waals surface area contributed by atoms with Crippen LogP contribution in [0, 0.1) is 0 Å². The Labute approximate surface area is 110 Å². The molecule has 0 aliphatic carbocycles. The van der Waals surface area contributed by atoms with Crippen molar-refractivity contribution in [2.75, 3.05) is 13.2 Å². The third kappa shape index (κ3) is 2.96. The molecule has 0 radical (unpaired) electrons. The predicted molar refractivity (Wildman–Crippen MR) is 69.6 cm³/mol. The van der Waals surface area contributed by atoms with Gasteiger partial charge in [0.05, 0.1) is 17.5 Å². The molecule has 0 amide bonds. The van der Waals surface area contributed by atoms with Gasteiger partial charge in [-0.15, -0.1) is 5.10 Å². The van der Waals surface area contributed by atoms with E-state index in [9.17, 15) is 4.79 Å². The van der Waals surface area contributed by atoms with Gasteiger partial charge >= 0.3 is 5.97 Å². The lowest BCUT2D eigenvalue weighted by molar-refractivity contribution is -0.139. The molecule has 0 aliphatic heterocycles. The Morgan fingerprint density at radius 1 is 1.42 bits per heavy atom. The number of aryl methyl sites for hydroxylation is 1. The summed E-state index contributed by atoms with van der Waals surface area (Å²) in [5.41, 5.74) is 0.911. The van der Waals surface area contributed by atoms with Crippen LogP contribution in [0.4, 0.5) is 0 Å². The Bertz CT molecular complexity index is 592. The molecular formula is C13H16N2O4. The van der Waals surface area contributed by atoms with Crippen molar-refractivity contribution in [1.82, 2.24) is 9.78 Å². The van der Waals surface area contributed by atoms with Crippen molar-refractivity contribution in [2.45, 2.75) is 13.3 Å². The van der Waals surface area contributed by atoms with Gasteiger partial charge in [-0.25, -0.2) is 4.79 Å². The molecule has 0 atom stereocenters. The number of fused-ring (bicyclic) bond motifs is 1. The molecule has 1 N–H and O–H groups in total. The Balaban J connectivity index is 2.30. The number of carbonyl (C=O) groups is 1. The second-order valence-corrected chi connectivity index (χ2v) is 4.14. The van der Waals surface area contributed by atoms with Crippen molar-refractivity contribution in [3.63, 3.8) is 0 Å². The molecule has 19 heavy (non-hydrogen) atoms. The fourth-order valence-electron chi connectivity index (χ4n) is 1.75. The van der Waals surface area contributed by atoms with Crippen LogP contribution in [0.2, 0.25) is 0 Å². The first-order valence-corrected chi connectivity index (χ1v) is 6.06. The topological polar surface area (TPSA) is 73.6 Å². The Morgan fingerprint density at radius 3 is 2.89 bits per heavy atom. The maximum atomic E-state index is 10.5. The summed E-state index contributed by atoms with van der Waals surface area (Å²) in [6.45, 7) is 2.25. The molecule has 0 bridgehead atoms. The van der Waals surface area contributed by atoms with E-state index in [4.69, 9.17) is 14.6 Å². The molecule has 1 aromatic carbocycles. The second kappa shape index (κ2) is 5.60. The minimum Gasteiger partial charge on any atom is -0.482 e. The predicted octanol–water partition coefficient (Wildman–Crippen LogP) is 1.83. The Hall–Kier alpha value is -2.24. The van der Waals surface area contributed by atoms with Crippen LogP contribution in [0.25, 0.3) is 10.9 Å². The molecule has 2 aromatic rings. The maximum absolute atomic E-state index is 10.5. The molecule has 0 unspecified atom stereocenters. The summed E-state index contributed by atoms with van der Waals surface area (Å²) in [6.07, 6.45) is 0.896. The number of carboxylic acid groups (broad SMARTS) is 1. The average molecular weight is 264 g/mol. The number of hydrogen-bond acceptors (Lipinski definition) is 4. The molecule has 0 saturated heterocycles. The first kappa shape index (κ1) is 13.2. The van der Waals surface area contributed by atoms with Gasteiger partial charge in [0.25, 0.3) is 0 Å². The van der Waals surface area contributed by atoms with Crippen molar-refractivity contribution in [2.24, 2.45) is 7.05 Å². The lowest BCUT2D eigenvalue weighted by atomic mass is 10.2. The molecule has 6 nitrogen and oxygen atoms in total. The van der Waals surface area contributed by atoms with E-state index in [1.54, 1.807) is 16.8 Å². The number of rotatable bonds is 6. The molecule has 6 heteroatoms. The van der Waals surface area contributed by atoms with Gasteiger partial charge in [0.1, 0.15) is 5.75 Å². The van der Waals surface area contributed by atoms with Crippen LogP contribution in [0.1, 0.15) is 13.3 Å².